The molecular weight excluding hydrogens is 338 g/mol. The summed E-state index contributed by atoms with van der Waals surface area (Å²) < 4.78 is 2.06. The minimum Gasteiger partial charge on any atom is -0.324 e. The molecule has 2 heterocycles. The van der Waals surface area contributed by atoms with Crippen molar-refractivity contribution < 1.29 is 4.79 Å². The molecule has 1 aromatic carbocycles. The Bertz CT molecular complexity index is 863. The molecule has 0 aliphatic rings. The monoisotopic (exact) mass is 356 g/mol. The number of nitrogens with zero attached hydrogens (tertiary/aromatic N) is 3. The van der Waals surface area contributed by atoms with E-state index in [1.807, 2.05) is 25.2 Å². The first kappa shape index (κ1) is 16.8. The van der Waals surface area contributed by atoms with E-state index in [0.717, 1.165) is 16.1 Å². The average Bonchev–Trinajstić information content (AvgIpc) is 3.25. The normalized spacial score (nSPS) is 13.2. The third kappa shape index (κ3) is 3.71. The van der Waals surface area contributed by atoms with Crippen molar-refractivity contribution in [3.8, 4) is 0 Å². The largest absolute Gasteiger partial charge is 0.324 e. The molecule has 0 N–H and O–H groups in total. The summed E-state index contributed by atoms with van der Waals surface area (Å²) in [6.45, 7) is 0. The number of rotatable bonds is 6. The zero-order valence-corrected chi connectivity index (χ0v) is 15.2. The molecule has 2 aromatic heterocycles. The number of aromatic nitrogens is 2. The molecule has 24 heavy (non-hydrogen) atoms. The van der Waals surface area contributed by atoms with E-state index in [-0.39, 0.29) is 11.7 Å². The van der Waals surface area contributed by atoms with E-state index in [2.05, 4.69) is 38.3 Å². The third-order valence-electron chi connectivity index (χ3n) is 3.96. The number of hydrogen-bond acceptors (Lipinski definition) is 5. The van der Waals surface area contributed by atoms with Gasteiger partial charge in [-0.1, -0.05) is 30.3 Å². The van der Waals surface area contributed by atoms with Gasteiger partial charge in [0.25, 0.3) is 0 Å². The summed E-state index contributed by atoms with van der Waals surface area (Å²) in [4.78, 5) is 22.2. The summed E-state index contributed by atoms with van der Waals surface area (Å²) in [5.74, 6) is -0.0521. The first-order valence-corrected chi connectivity index (χ1v) is 9.41. The second kappa shape index (κ2) is 7.68. The summed E-state index contributed by atoms with van der Waals surface area (Å²) in [5, 5.41) is 4.35. The molecular formula is C18H18N3OS2. The Labute approximate surface area is 149 Å². The molecule has 3 aromatic rings. The lowest BCUT2D eigenvalue weighted by molar-refractivity contribution is 0.0917. The van der Waals surface area contributed by atoms with Crippen molar-refractivity contribution in [1.29, 1.82) is 0 Å². The smallest absolute Gasteiger partial charge is 0.195 e. The Balaban J connectivity index is 1.89. The summed E-state index contributed by atoms with van der Waals surface area (Å²) in [6, 6.07) is 10.1. The maximum Gasteiger partial charge on any atom is 0.195 e. The van der Waals surface area contributed by atoms with Crippen LogP contribution < -0.4 is 4.80 Å². The Morgan fingerprint density at radius 1 is 1.29 bits per heavy atom. The van der Waals surface area contributed by atoms with Crippen LogP contribution >= 0.6 is 22.7 Å². The van der Waals surface area contributed by atoms with Gasteiger partial charge in [0.15, 0.2) is 15.6 Å². The average molecular weight is 356 g/mol. The van der Waals surface area contributed by atoms with Gasteiger partial charge < -0.3 is 4.57 Å². The summed E-state index contributed by atoms with van der Waals surface area (Å²) in [5.41, 5.74) is 2.28. The zero-order chi connectivity index (χ0) is 16.9. The highest BCUT2D eigenvalue weighted by atomic mass is 32.1. The minimum absolute atomic E-state index is 0.0892. The Morgan fingerprint density at radius 2 is 2.08 bits per heavy atom. The SMILES string of the molecule is CN=c1scc(C[C@@H](Cc2ccccc2)C(=O)c2n[c]cs2)n1C. The predicted octanol–water partition coefficient (Wildman–Crippen LogP) is 3.16. The van der Waals surface area contributed by atoms with Crippen LogP contribution in [0, 0.1) is 12.1 Å². The van der Waals surface area contributed by atoms with Gasteiger partial charge >= 0.3 is 0 Å². The topological polar surface area (TPSA) is 47.2 Å². The van der Waals surface area contributed by atoms with Crippen LogP contribution in [0.4, 0.5) is 0 Å². The van der Waals surface area contributed by atoms with Crippen molar-refractivity contribution in [2.75, 3.05) is 7.05 Å². The molecule has 0 fully saturated rings. The maximum absolute atomic E-state index is 12.9. The van der Waals surface area contributed by atoms with Crippen LogP contribution in [0.15, 0.2) is 46.1 Å². The lowest BCUT2D eigenvalue weighted by Crippen LogP contribution is -2.23. The molecule has 0 unspecified atom stereocenters. The van der Waals surface area contributed by atoms with Gasteiger partial charge in [-0.2, -0.15) is 0 Å². The molecule has 0 spiro atoms. The van der Waals surface area contributed by atoms with Gasteiger partial charge in [0.05, 0.1) is 0 Å². The van der Waals surface area contributed by atoms with E-state index in [9.17, 15) is 4.79 Å². The number of thiazole rings is 2. The van der Waals surface area contributed by atoms with Crippen molar-refractivity contribution in [3.63, 3.8) is 0 Å². The molecule has 0 aliphatic carbocycles. The standard InChI is InChI=1S/C18H18N3OS2/c1-19-18-21(2)15(12-24-18)11-14(10-13-6-4-3-5-7-13)16(22)17-20-8-9-23-17/h3-7,9,12,14H,10-11H2,1-2H3/t14-/m1/s1. The molecule has 4 nitrogen and oxygen atoms in total. The summed E-state index contributed by atoms with van der Waals surface area (Å²) >= 11 is 2.95. The van der Waals surface area contributed by atoms with Crippen LogP contribution in [0.2, 0.25) is 0 Å². The van der Waals surface area contributed by atoms with E-state index in [0.29, 0.717) is 17.8 Å². The fraction of sp³-hybridized carbons (Fsp3) is 0.278. The molecule has 0 amide bonds. The van der Waals surface area contributed by atoms with Gasteiger partial charge in [-0.15, -0.1) is 22.7 Å². The number of ketones is 1. The van der Waals surface area contributed by atoms with Crippen LogP contribution in [-0.2, 0) is 19.9 Å². The van der Waals surface area contributed by atoms with Gasteiger partial charge in [-0.05, 0) is 18.4 Å². The second-order valence-electron chi connectivity index (χ2n) is 5.53. The van der Waals surface area contributed by atoms with E-state index < -0.39 is 0 Å². The van der Waals surface area contributed by atoms with Crippen molar-refractivity contribution in [1.82, 2.24) is 9.55 Å². The van der Waals surface area contributed by atoms with E-state index >= 15 is 0 Å². The Kier molecular flexibility index (Phi) is 5.37. The van der Waals surface area contributed by atoms with Crippen molar-refractivity contribution in [3.05, 3.63) is 68.4 Å². The molecule has 6 heteroatoms. The predicted molar refractivity (Wildman–Crippen MR) is 97.4 cm³/mol. The van der Waals surface area contributed by atoms with Crippen LogP contribution in [-0.4, -0.2) is 22.4 Å². The minimum atomic E-state index is -0.141. The third-order valence-corrected chi connectivity index (χ3v) is 5.76. The van der Waals surface area contributed by atoms with Crippen molar-refractivity contribution in [2.45, 2.75) is 12.8 Å². The first-order chi connectivity index (χ1) is 11.7. The van der Waals surface area contributed by atoms with E-state index in [1.54, 1.807) is 23.8 Å². The molecule has 1 radical (unpaired) electrons. The molecule has 3 rings (SSSR count). The van der Waals surface area contributed by atoms with Gasteiger partial charge in [0.2, 0.25) is 0 Å². The van der Waals surface area contributed by atoms with E-state index in [1.165, 1.54) is 11.3 Å². The van der Waals surface area contributed by atoms with Crippen LogP contribution in [0.25, 0.3) is 0 Å². The summed E-state index contributed by atoms with van der Waals surface area (Å²) in [6.07, 6.45) is 4.13. The maximum atomic E-state index is 12.9. The second-order valence-corrected chi connectivity index (χ2v) is 7.22. The van der Waals surface area contributed by atoms with Crippen molar-refractivity contribution in [2.24, 2.45) is 18.0 Å². The lowest BCUT2D eigenvalue weighted by atomic mass is 9.91. The van der Waals surface area contributed by atoms with Crippen LogP contribution in [0.5, 0.6) is 0 Å². The number of carbonyl (C=O) groups is 1. The molecule has 0 aliphatic heterocycles. The molecule has 123 valence electrons. The number of benzene rings is 1. The zero-order valence-electron chi connectivity index (χ0n) is 13.6. The molecule has 0 saturated carbocycles. The highest BCUT2D eigenvalue weighted by Crippen LogP contribution is 2.21. The van der Waals surface area contributed by atoms with Gasteiger partial charge in [0, 0.05) is 36.5 Å². The van der Waals surface area contributed by atoms with E-state index in [4.69, 9.17) is 0 Å². The van der Waals surface area contributed by atoms with Gasteiger partial charge in [-0.3, -0.25) is 9.79 Å². The molecule has 1 atom stereocenters. The Hall–Kier alpha value is -2.05. The molecule has 0 saturated heterocycles. The first-order valence-electron chi connectivity index (χ1n) is 7.65. The van der Waals surface area contributed by atoms with Gasteiger partial charge in [0.1, 0.15) is 6.20 Å². The lowest BCUT2D eigenvalue weighted by Gasteiger charge is -2.15. The fourth-order valence-electron chi connectivity index (χ4n) is 2.68. The fourth-order valence-corrected chi connectivity index (χ4v) is 4.16. The van der Waals surface area contributed by atoms with Crippen LogP contribution in [0.1, 0.15) is 21.1 Å². The number of carbonyl (C=O) groups excluding carboxylic acids is 1. The Morgan fingerprint density at radius 3 is 2.71 bits per heavy atom. The number of Topliss-reactive ketones (excluding diaryl/α,β-unsaturated/α-hetero) is 1. The summed E-state index contributed by atoms with van der Waals surface area (Å²) in [7, 11) is 3.78. The van der Waals surface area contributed by atoms with Crippen molar-refractivity contribution >= 4 is 28.5 Å². The van der Waals surface area contributed by atoms with Gasteiger partial charge in [-0.25, -0.2) is 4.98 Å². The van der Waals surface area contributed by atoms with Crippen LogP contribution in [0.3, 0.4) is 0 Å². The molecule has 0 bridgehead atoms. The highest BCUT2D eigenvalue weighted by Gasteiger charge is 2.24. The quantitative estimate of drug-likeness (QED) is 0.637. The highest BCUT2D eigenvalue weighted by molar-refractivity contribution is 7.11. The number of hydrogen-bond donors (Lipinski definition) is 0.